The van der Waals surface area contributed by atoms with Crippen LogP contribution in [0, 0.1) is 0 Å². The van der Waals surface area contributed by atoms with E-state index >= 15 is 0 Å². The summed E-state index contributed by atoms with van der Waals surface area (Å²) >= 11 is 0. The van der Waals surface area contributed by atoms with Gasteiger partial charge in [-0.05, 0) is 57.8 Å². The molecule has 660 valence electrons. The van der Waals surface area contributed by atoms with E-state index in [-0.39, 0.29) is 51.2 Å². The number of aliphatic hydroxyl groups is 2. The highest BCUT2D eigenvalue weighted by atomic mass is 31.2. The van der Waals surface area contributed by atoms with Crippen molar-refractivity contribution in [3.63, 3.8) is 0 Å². The Morgan fingerprint density at radius 3 is 0.902 bits per heavy atom. The molecule has 1 aliphatic heterocycles. The van der Waals surface area contributed by atoms with E-state index in [1.54, 1.807) is 0 Å². The van der Waals surface area contributed by atoms with Crippen LogP contribution in [0.1, 0.15) is 485 Å². The molecule has 0 radical (unpaired) electrons. The van der Waals surface area contributed by atoms with E-state index in [1.807, 2.05) is 0 Å². The van der Waals surface area contributed by atoms with Gasteiger partial charge in [-0.3, -0.25) is 33.3 Å². The number of rotatable bonds is 83. The molecule has 0 aliphatic carbocycles. The van der Waals surface area contributed by atoms with Gasteiger partial charge in [0.2, 0.25) is 17.2 Å². The summed E-state index contributed by atoms with van der Waals surface area (Å²) in [5.74, 6) is -3.62. The second kappa shape index (κ2) is 75.3. The van der Waals surface area contributed by atoms with Crippen LogP contribution in [0.2, 0.25) is 0 Å². The Hall–Kier alpha value is -3.19. The van der Waals surface area contributed by atoms with Gasteiger partial charge in [-0.25, -0.2) is 0 Å². The Kier molecular flexibility index (Phi) is 71.8. The van der Waals surface area contributed by atoms with Crippen LogP contribution in [0.25, 0.3) is 0 Å². The zero-order valence-electron chi connectivity index (χ0n) is 73.0. The van der Waals surface area contributed by atoms with E-state index in [0.717, 1.165) is 173 Å². The summed E-state index contributed by atoms with van der Waals surface area (Å²) in [6.45, 7) is 11.5. The Labute approximate surface area is 684 Å². The van der Waals surface area contributed by atoms with Gasteiger partial charge in [0.15, 0.2) is 12.4 Å². The van der Waals surface area contributed by atoms with E-state index in [0.29, 0.717) is 44.9 Å². The molecule has 112 heavy (non-hydrogen) atoms. The van der Waals surface area contributed by atoms with Crippen LogP contribution in [0.5, 0.6) is 0 Å². The SMILES string of the molecule is CCCCCCCCCCCCCC(=O)O[C@H](CCCCCCCCCCC)CC(=O)NCCOC1O[C@H](CO)[C@](O)(P(=O)(O)O)[C@H](OC(=O)C[C@@H](CCCCCCCCCCC)OC(=O)CCCCCCCCCCCCC)[C@H]1NC(=O)C[C@@H](CCCCCCCCCCC)OC(=O)CCCCCCCCCCCCC. The number of amides is 2. The number of carbonyl (C=O) groups excluding carboxylic acids is 6. The van der Waals surface area contributed by atoms with E-state index in [4.69, 9.17) is 28.4 Å². The third kappa shape index (κ3) is 58.6. The smallest absolute Gasteiger partial charge is 0.363 e. The minimum Gasteiger partial charge on any atom is -0.462 e. The van der Waals surface area contributed by atoms with Crippen LogP contribution in [-0.4, -0.2) is 124 Å². The summed E-state index contributed by atoms with van der Waals surface area (Å²) in [4.78, 5) is 107. The average molecular weight is 1610 g/mol. The molecule has 20 heteroatoms. The first-order valence-electron chi connectivity index (χ1n) is 47.4. The quantitative estimate of drug-likeness (QED) is 0.0143. The maximum Gasteiger partial charge on any atom is 0.363 e. The van der Waals surface area contributed by atoms with Crippen molar-refractivity contribution in [1.29, 1.82) is 0 Å². The molecule has 2 amide bonds. The molecule has 0 aromatic carbocycles. The topological polar surface area (TPSA) is 280 Å². The number of nitrogens with one attached hydrogen (secondary N) is 2. The van der Waals surface area contributed by atoms with Crippen molar-refractivity contribution >= 4 is 43.3 Å². The average Bonchev–Trinajstić information content (AvgIpc) is 0.732. The fraction of sp³-hybridized carbons (Fsp3) is 0.935. The molecule has 0 bridgehead atoms. The van der Waals surface area contributed by atoms with E-state index in [9.17, 15) is 53.3 Å². The van der Waals surface area contributed by atoms with Crippen LogP contribution in [0.4, 0.5) is 0 Å². The molecule has 1 fully saturated rings. The van der Waals surface area contributed by atoms with Crippen molar-refractivity contribution in [3.05, 3.63) is 0 Å². The number of hydrogen-bond donors (Lipinski definition) is 6. The first-order valence-corrected chi connectivity index (χ1v) is 49.0. The standard InChI is InChI=1S/C92H175N2O17P/c1-7-13-19-25-31-37-40-46-52-58-64-70-85(98)107-79(67-61-55-49-43-34-28-22-16-10-4)75-83(96)93-73-74-106-91-89(94-84(97)76-80(68-62-56-50-44-35-29-23-17-11-5)108-86(99)71-65-59-53-47-41-38-32-26-20-14-8-2)90(92(102,112(103,104)105)82(78-95)110-91)111-88(101)77-81(69-63-57-51-45-36-30-24-18-12-6)109-87(100)72-66-60-54-48-42-39-33-27-21-15-9-3/h79-82,89-91,95,102H,7-78H2,1-6H3,(H,93,96)(H,94,97)(H2,103,104,105)/t79-,80-,81-,82-,89-,90-,91?,92+/m1/s1. The van der Waals surface area contributed by atoms with Gasteiger partial charge in [0, 0.05) is 25.8 Å². The highest BCUT2D eigenvalue weighted by molar-refractivity contribution is 7.53. The van der Waals surface area contributed by atoms with Gasteiger partial charge in [0.1, 0.15) is 30.5 Å². The van der Waals surface area contributed by atoms with Gasteiger partial charge in [-0.1, -0.05) is 388 Å². The Morgan fingerprint density at radius 2 is 0.625 bits per heavy atom. The third-order valence-electron chi connectivity index (χ3n) is 22.7. The molecule has 0 spiro atoms. The summed E-state index contributed by atoms with van der Waals surface area (Å²) in [5.41, 5.74) is 0. The van der Waals surface area contributed by atoms with E-state index in [2.05, 4.69) is 52.2 Å². The van der Waals surface area contributed by atoms with Crippen molar-refractivity contribution in [3.8, 4) is 0 Å². The summed E-state index contributed by atoms with van der Waals surface area (Å²) in [7, 11) is -5.95. The molecule has 1 rings (SSSR count). The summed E-state index contributed by atoms with van der Waals surface area (Å²) in [5, 5.41) is 25.7. The third-order valence-corrected chi connectivity index (χ3v) is 24.2. The fourth-order valence-electron chi connectivity index (χ4n) is 15.6. The van der Waals surface area contributed by atoms with E-state index in [1.165, 1.54) is 180 Å². The summed E-state index contributed by atoms with van der Waals surface area (Å²) in [6, 6.07) is -1.90. The molecular formula is C92H175N2O17P. The molecule has 6 N–H and O–H groups in total. The van der Waals surface area contributed by atoms with Crippen LogP contribution in [0.15, 0.2) is 0 Å². The lowest BCUT2D eigenvalue weighted by molar-refractivity contribution is -0.288. The highest BCUT2D eigenvalue weighted by Crippen LogP contribution is 2.57. The maximum absolute atomic E-state index is 14.9. The normalized spacial score (nSPS) is 17.3. The van der Waals surface area contributed by atoms with Gasteiger partial charge >= 0.3 is 31.5 Å². The van der Waals surface area contributed by atoms with Gasteiger partial charge in [-0.2, -0.15) is 0 Å². The van der Waals surface area contributed by atoms with Crippen molar-refractivity contribution in [2.24, 2.45) is 0 Å². The lowest BCUT2D eigenvalue weighted by Crippen LogP contribution is -2.71. The maximum atomic E-state index is 14.9. The minimum atomic E-state index is -5.95. The second-order valence-electron chi connectivity index (χ2n) is 33.4. The first kappa shape index (κ1) is 107. The summed E-state index contributed by atoms with van der Waals surface area (Å²) in [6.07, 6.45) is 57.0. The number of esters is 4. The second-order valence-corrected chi connectivity index (χ2v) is 35.2. The lowest BCUT2D eigenvalue weighted by Gasteiger charge is -2.50. The highest BCUT2D eigenvalue weighted by Gasteiger charge is 2.67. The van der Waals surface area contributed by atoms with Crippen LogP contribution >= 0.6 is 7.60 Å². The predicted octanol–water partition coefficient (Wildman–Crippen LogP) is 23.9. The predicted molar refractivity (Wildman–Crippen MR) is 456 cm³/mol. The molecule has 1 heterocycles. The van der Waals surface area contributed by atoms with Crippen molar-refractivity contribution in [2.45, 2.75) is 533 Å². The largest absolute Gasteiger partial charge is 0.462 e. The number of ether oxygens (including phenoxy) is 6. The molecule has 0 saturated carbocycles. The number of aliphatic hydroxyl groups excluding tert-OH is 1. The van der Waals surface area contributed by atoms with Gasteiger partial charge in [0.05, 0.1) is 32.5 Å². The summed E-state index contributed by atoms with van der Waals surface area (Å²) < 4.78 is 50.7. The van der Waals surface area contributed by atoms with Crippen LogP contribution in [-0.2, 0) is 61.8 Å². The first-order chi connectivity index (χ1) is 54.4. The zero-order chi connectivity index (χ0) is 82.1. The Bertz CT molecular complexity index is 2280. The molecular weight excluding hydrogens is 1440 g/mol. The molecule has 0 aromatic rings. The van der Waals surface area contributed by atoms with Gasteiger partial charge < -0.3 is 59.1 Å². The Balaban J connectivity index is 3.70. The monoisotopic (exact) mass is 1610 g/mol. The lowest BCUT2D eigenvalue weighted by atomic mass is 9.95. The van der Waals surface area contributed by atoms with E-state index < -0.39 is 105 Å². The molecule has 1 aliphatic rings. The number of hydrogen-bond acceptors (Lipinski definition) is 15. The minimum absolute atomic E-state index is 0.113. The number of carbonyl (C=O) groups is 6. The van der Waals surface area contributed by atoms with Crippen molar-refractivity contribution in [2.75, 3.05) is 19.8 Å². The van der Waals surface area contributed by atoms with Crippen LogP contribution < -0.4 is 10.6 Å². The fourth-order valence-corrected chi connectivity index (χ4v) is 16.6. The molecule has 1 unspecified atom stereocenters. The molecule has 19 nitrogen and oxygen atoms in total. The van der Waals surface area contributed by atoms with Crippen molar-refractivity contribution < 1.29 is 81.8 Å². The Morgan fingerprint density at radius 1 is 0.366 bits per heavy atom. The van der Waals surface area contributed by atoms with Gasteiger partial charge in [-0.15, -0.1) is 0 Å². The molecule has 1 saturated heterocycles. The number of unbranched alkanes of at least 4 members (excludes halogenated alkanes) is 54. The zero-order valence-corrected chi connectivity index (χ0v) is 73.9. The van der Waals surface area contributed by atoms with Gasteiger partial charge in [0.25, 0.3) is 0 Å². The molecule has 0 aromatic heterocycles. The van der Waals surface area contributed by atoms with Crippen LogP contribution in [0.3, 0.4) is 0 Å². The van der Waals surface area contributed by atoms with Crippen molar-refractivity contribution in [1.82, 2.24) is 10.6 Å². The molecule has 8 atom stereocenters.